The normalized spacial score (nSPS) is 15.7. The highest BCUT2D eigenvalue weighted by Gasteiger charge is 2.49. The number of fused-ring (bicyclic) bond motifs is 1. The fourth-order valence-corrected chi connectivity index (χ4v) is 3.68. The Balaban J connectivity index is 2.05. The van der Waals surface area contributed by atoms with Crippen LogP contribution < -0.4 is 5.32 Å². The Hall–Kier alpha value is -3.29. The number of amides is 3. The van der Waals surface area contributed by atoms with Crippen LogP contribution in [0.25, 0.3) is 0 Å². The molecule has 0 unspecified atom stereocenters. The molecule has 8 heteroatoms. The number of carbonyl (C=O) groups is 3. The standard InChI is InChI=1S/C22H22F2N2O4/c1-21(2,3)22(25-20(29)30,11-13-8-9-16(23)17(24)10-13)12-26-18(27)14-6-4-5-7-15(14)19(26)28/h4-10,25H,11-12H2,1-3H3,(H,29,30)/t22-/m1/s1. The zero-order chi connectivity index (χ0) is 22.3. The maximum Gasteiger partial charge on any atom is 0.405 e. The van der Waals surface area contributed by atoms with Crippen LogP contribution in [-0.2, 0) is 6.42 Å². The molecule has 0 saturated carbocycles. The van der Waals surface area contributed by atoms with E-state index in [-0.39, 0.29) is 24.1 Å². The maximum absolute atomic E-state index is 13.8. The molecule has 30 heavy (non-hydrogen) atoms. The second-order valence-corrected chi connectivity index (χ2v) is 8.43. The lowest BCUT2D eigenvalue weighted by Crippen LogP contribution is -2.64. The molecule has 1 heterocycles. The molecule has 2 aromatic rings. The molecule has 1 aliphatic heterocycles. The van der Waals surface area contributed by atoms with E-state index < -0.39 is 40.5 Å². The number of halogens is 2. The topological polar surface area (TPSA) is 86.7 Å². The van der Waals surface area contributed by atoms with Gasteiger partial charge in [-0.15, -0.1) is 0 Å². The average molecular weight is 416 g/mol. The van der Waals surface area contributed by atoms with E-state index >= 15 is 0 Å². The summed E-state index contributed by atoms with van der Waals surface area (Å²) < 4.78 is 27.2. The van der Waals surface area contributed by atoms with Crippen LogP contribution in [0.5, 0.6) is 0 Å². The minimum Gasteiger partial charge on any atom is -0.465 e. The monoisotopic (exact) mass is 416 g/mol. The Labute approximate surface area is 172 Å². The SMILES string of the molecule is CC(C)(C)[C@@](Cc1ccc(F)c(F)c1)(CN1C(=O)c2ccccc2C1=O)NC(=O)O. The van der Waals surface area contributed by atoms with E-state index in [9.17, 15) is 28.3 Å². The van der Waals surface area contributed by atoms with Gasteiger partial charge in [0.2, 0.25) is 0 Å². The van der Waals surface area contributed by atoms with Crippen molar-refractivity contribution < 1.29 is 28.3 Å². The van der Waals surface area contributed by atoms with Crippen LogP contribution in [0.3, 0.4) is 0 Å². The zero-order valence-corrected chi connectivity index (χ0v) is 16.8. The summed E-state index contributed by atoms with van der Waals surface area (Å²) in [6.07, 6.45) is -1.42. The molecule has 158 valence electrons. The van der Waals surface area contributed by atoms with Gasteiger partial charge in [0.25, 0.3) is 11.8 Å². The molecule has 1 atom stereocenters. The number of carbonyl (C=O) groups excluding carboxylic acids is 2. The first kappa shape index (κ1) is 21.4. The Morgan fingerprint density at radius 1 is 1.00 bits per heavy atom. The van der Waals surface area contributed by atoms with E-state index in [0.29, 0.717) is 5.56 Å². The molecule has 6 nitrogen and oxygen atoms in total. The van der Waals surface area contributed by atoms with E-state index in [2.05, 4.69) is 5.32 Å². The molecule has 2 N–H and O–H groups in total. The summed E-state index contributed by atoms with van der Waals surface area (Å²) in [5.41, 5.74) is -1.35. The lowest BCUT2D eigenvalue weighted by Gasteiger charge is -2.46. The van der Waals surface area contributed by atoms with Crippen molar-refractivity contribution in [2.75, 3.05) is 6.54 Å². The second kappa shape index (κ2) is 7.51. The molecule has 1 aliphatic rings. The van der Waals surface area contributed by atoms with Crippen LogP contribution >= 0.6 is 0 Å². The van der Waals surface area contributed by atoms with E-state index in [1.807, 2.05) is 0 Å². The van der Waals surface area contributed by atoms with Crippen LogP contribution in [-0.4, -0.2) is 40.0 Å². The Morgan fingerprint density at radius 3 is 2.03 bits per heavy atom. The van der Waals surface area contributed by atoms with Gasteiger partial charge in [-0.05, 0) is 41.7 Å². The third-order valence-electron chi connectivity index (χ3n) is 5.58. The van der Waals surface area contributed by atoms with Gasteiger partial charge in [0.05, 0.1) is 23.2 Å². The van der Waals surface area contributed by atoms with Crippen LogP contribution in [0, 0.1) is 17.0 Å². The summed E-state index contributed by atoms with van der Waals surface area (Å²) in [7, 11) is 0. The maximum atomic E-state index is 13.8. The van der Waals surface area contributed by atoms with Gasteiger partial charge in [-0.3, -0.25) is 14.5 Å². The van der Waals surface area contributed by atoms with Crippen molar-refractivity contribution in [1.82, 2.24) is 10.2 Å². The Morgan fingerprint density at radius 2 is 1.57 bits per heavy atom. The predicted molar refractivity (Wildman–Crippen MR) is 105 cm³/mol. The molecule has 0 bridgehead atoms. The third-order valence-corrected chi connectivity index (χ3v) is 5.58. The summed E-state index contributed by atoms with van der Waals surface area (Å²) in [6.45, 7) is 4.98. The van der Waals surface area contributed by atoms with Crippen molar-refractivity contribution in [2.24, 2.45) is 5.41 Å². The van der Waals surface area contributed by atoms with Crippen LogP contribution in [0.2, 0.25) is 0 Å². The van der Waals surface area contributed by atoms with E-state index in [4.69, 9.17) is 0 Å². The van der Waals surface area contributed by atoms with Crippen molar-refractivity contribution in [3.63, 3.8) is 0 Å². The lowest BCUT2D eigenvalue weighted by atomic mass is 9.69. The highest BCUT2D eigenvalue weighted by Crippen LogP contribution is 2.37. The summed E-state index contributed by atoms with van der Waals surface area (Å²) >= 11 is 0. The predicted octanol–water partition coefficient (Wildman–Crippen LogP) is 3.86. The molecule has 0 radical (unpaired) electrons. The van der Waals surface area contributed by atoms with Gasteiger partial charge in [0.15, 0.2) is 11.6 Å². The average Bonchev–Trinajstić information content (AvgIpc) is 2.88. The molecule has 0 fully saturated rings. The molecular formula is C22H22F2N2O4. The van der Waals surface area contributed by atoms with Gasteiger partial charge in [-0.25, -0.2) is 13.6 Å². The lowest BCUT2D eigenvalue weighted by molar-refractivity contribution is 0.0468. The van der Waals surface area contributed by atoms with Crippen LogP contribution in [0.15, 0.2) is 42.5 Å². The number of rotatable bonds is 5. The summed E-state index contributed by atoms with van der Waals surface area (Å²) in [5, 5.41) is 12.0. The van der Waals surface area contributed by atoms with Gasteiger partial charge in [0.1, 0.15) is 0 Å². The molecule has 0 aromatic heterocycles. The van der Waals surface area contributed by atoms with E-state index in [1.165, 1.54) is 18.2 Å². The van der Waals surface area contributed by atoms with Crippen molar-refractivity contribution in [1.29, 1.82) is 0 Å². The number of hydrogen-bond acceptors (Lipinski definition) is 3. The van der Waals surface area contributed by atoms with Crippen LogP contribution in [0.4, 0.5) is 13.6 Å². The van der Waals surface area contributed by atoms with Crippen molar-refractivity contribution in [3.8, 4) is 0 Å². The number of hydrogen-bond donors (Lipinski definition) is 2. The molecule has 0 saturated heterocycles. The fourth-order valence-electron chi connectivity index (χ4n) is 3.68. The van der Waals surface area contributed by atoms with Gasteiger partial charge in [0, 0.05) is 0 Å². The largest absolute Gasteiger partial charge is 0.465 e. The van der Waals surface area contributed by atoms with Gasteiger partial charge >= 0.3 is 6.09 Å². The molecular weight excluding hydrogens is 394 g/mol. The van der Waals surface area contributed by atoms with Gasteiger partial charge in [-0.1, -0.05) is 39.0 Å². The molecule has 2 aromatic carbocycles. The first-order chi connectivity index (χ1) is 13.9. The fraction of sp³-hybridized carbons (Fsp3) is 0.318. The zero-order valence-electron chi connectivity index (χ0n) is 16.8. The van der Waals surface area contributed by atoms with Crippen molar-refractivity contribution in [3.05, 3.63) is 70.8 Å². The number of imide groups is 1. The highest BCUT2D eigenvalue weighted by atomic mass is 19.2. The Kier molecular flexibility index (Phi) is 5.36. The Bertz CT molecular complexity index is 997. The van der Waals surface area contributed by atoms with Crippen molar-refractivity contribution >= 4 is 17.9 Å². The number of carboxylic acid groups (broad SMARTS) is 1. The molecule has 0 spiro atoms. The molecule has 3 rings (SSSR count). The third kappa shape index (κ3) is 3.77. The van der Waals surface area contributed by atoms with Gasteiger partial charge in [-0.2, -0.15) is 0 Å². The van der Waals surface area contributed by atoms with Crippen molar-refractivity contribution in [2.45, 2.75) is 32.7 Å². The first-order valence-electron chi connectivity index (χ1n) is 9.35. The summed E-state index contributed by atoms with van der Waals surface area (Å²) in [5.74, 6) is -3.14. The quantitative estimate of drug-likeness (QED) is 0.725. The smallest absolute Gasteiger partial charge is 0.405 e. The van der Waals surface area contributed by atoms with Crippen LogP contribution in [0.1, 0.15) is 47.1 Å². The highest BCUT2D eigenvalue weighted by molar-refractivity contribution is 6.21. The molecule has 3 amide bonds. The van der Waals surface area contributed by atoms with Gasteiger partial charge < -0.3 is 10.4 Å². The number of benzene rings is 2. The van der Waals surface area contributed by atoms with E-state index in [1.54, 1.807) is 32.9 Å². The number of nitrogens with zero attached hydrogens (tertiary/aromatic N) is 1. The first-order valence-corrected chi connectivity index (χ1v) is 9.35. The summed E-state index contributed by atoms with van der Waals surface area (Å²) in [6, 6.07) is 9.65. The molecule has 0 aliphatic carbocycles. The summed E-state index contributed by atoms with van der Waals surface area (Å²) in [4.78, 5) is 38.4. The minimum atomic E-state index is -1.36. The van der Waals surface area contributed by atoms with E-state index in [0.717, 1.165) is 17.0 Å². The minimum absolute atomic E-state index is 0.0621. The second-order valence-electron chi connectivity index (χ2n) is 8.43. The number of nitrogens with one attached hydrogen (secondary N) is 1.